The van der Waals surface area contributed by atoms with Gasteiger partial charge in [0, 0.05) is 18.6 Å². The van der Waals surface area contributed by atoms with Crippen molar-refractivity contribution in [3.63, 3.8) is 0 Å². The summed E-state index contributed by atoms with van der Waals surface area (Å²) in [6.45, 7) is -0.714. The molecule has 2 aliphatic rings. The van der Waals surface area contributed by atoms with Gasteiger partial charge in [0.15, 0.2) is 6.61 Å². The first kappa shape index (κ1) is 20.1. The second kappa shape index (κ2) is 7.76. The fourth-order valence-corrected chi connectivity index (χ4v) is 4.22. The Labute approximate surface area is 158 Å². The van der Waals surface area contributed by atoms with Gasteiger partial charge in [0.1, 0.15) is 0 Å². The third-order valence-electron chi connectivity index (χ3n) is 5.47. The smallest absolute Gasteiger partial charge is 0.418 e. The lowest BCUT2D eigenvalue weighted by Gasteiger charge is -2.20. The molecule has 2 saturated carbocycles. The summed E-state index contributed by atoms with van der Waals surface area (Å²) in [4.78, 5) is 33.5. The molecular weight excluding hydrogens is 381 g/mol. The predicted octanol–water partition coefficient (Wildman–Crippen LogP) is 3.92. The maximum absolute atomic E-state index is 13.1. The molecule has 0 aromatic heterocycles. The van der Waals surface area contributed by atoms with Crippen molar-refractivity contribution in [3.8, 4) is 0 Å². The van der Waals surface area contributed by atoms with E-state index in [0.717, 1.165) is 31.4 Å². The molecule has 2 fully saturated rings. The molecule has 0 saturated heterocycles. The first-order valence-electron chi connectivity index (χ1n) is 8.94. The minimum atomic E-state index is -4.90. The molecule has 3 atom stereocenters. The summed E-state index contributed by atoms with van der Waals surface area (Å²) in [5, 5.41) is 12.7. The van der Waals surface area contributed by atoms with Crippen molar-refractivity contribution in [2.45, 2.75) is 38.3 Å². The van der Waals surface area contributed by atoms with Crippen molar-refractivity contribution in [1.82, 2.24) is 0 Å². The lowest BCUT2D eigenvalue weighted by atomic mass is 9.86. The highest BCUT2D eigenvalue weighted by atomic mass is 19.4. The highest BCUT2D eigenvalue weighted by Gasteiger charge is 2.40. The SMILES string of the molecule is O=C(COC(=O)CC1CC2CCC1C2)Nc1ccc([N+](=O)[O-])cc1C(F)(F)F. The number of fused-ring (bicyclic) bond motifs is 2. The quantitative estimate of drug-likeness (QED) is 0.443. The van der Waals surface area contributed by atoms with Gasteiger partial charge >= 0.3 is 12.1 Å². The molecule has 1 aromatic rings. The van der Waals surface area contributed by atoms with E-state index in [-0.39, 0.29) is 12.3 Å². The van der Waals surface area contributed by atoms with E-state index in [1.165, 1.54) is 6.42 Å². The maximum atomic E-state index is 13.1. The number of ether oxygens (including phenoxy) is 1. The molecule has 2 bridgehead atoms. The number of nitrogens with one attached hydrogen (secondary N) is 1. The number of nitro groups is 1. The predicted molar refractivity (Wildman–Crippen MR) is 91.2 cm³/mol. The van der Waals surface area contributed by atoms with Crippen LogP contribution < -0.4 is 5.32 Å². The van der Waals surface area contributed by atoms with Crippen molar-refractivity contribution >= 4 is 23.3 Å². The van der Waals surface area contributed by atoms with Gasteiger partial charge in [-0.25, -0.2) is 0 Å². The molecule has 1 amide bonds. The van der Waals surface area contributed by atoms with Gasteiger partial charge in [-0.1, -0.05) is 6.42 Å². The Morgan fingerprint density at radius 1 is 1.25 bits per heavy atom. The minimum Gasteiger partial charge on any atom is -0.456 e. The number of benzene rings is 1. The number of esters is 1. The number of alkyl halides is 3. The zero-order valence-electron chi connectivity index (χ0n) is 14.8. The summed E-state index contributed by atoms with van der Waals surface area (Å²) in [5.74, 6) is -0.0660. The number of carbonyl (C=O) groups excluding carboxylic acids is 2. The standard InChI is InChI=1S/C18H19F3N2O5/c19-18(20,21)14-8-13(23(26)27)3-4-15(14)22-16(24)9-28-17(25)7-12-6-10-1-2-11(12)5-10/h3-4,8,10-12H,1-2,5-7,9H2,(H,22,24). The Morgan fingerprint density at radius 3 is 2.57 bits per heavy atom. The van der Waals surface area contributed by atoms with Crippen LogP contribution in [0.15, 0.2) is 18.2 Å². The highest BCUT2D eigenvalue weighted by molar-refractivity contribution is 5.93. The van der Waals surface area contributed by atoms with Crippen molar-refractivity contribution in [1.29, 1.82) is 0 Å². The number of rotatable bonds is 6. The molecular formula is C18H19F3N2O5. The molecule has 3 rings (SSSR count). The molecule has 1 N–H and O–H groups in total. The van der Waals surface area contributed by atoms with E-state index in [2.05, 4.69) is 0 Å². The average Bonchev–Trinajstić information content (AvgIpc) is 3.22. The lowest BCUT2D eigenvalue weighted by molar-refractivity contribution is -0.385. The Hall–Kier alpha value is -2.65. The summed E-state index contributed by atoms with van der Waals surface area (Å²) < 4.78 is 44.2. The third-order valence-corrected chi connectivity index (χ3v) is 5.47. The fourth-order valence-electron chi connectivity index (χ4n) is 4.22. The number of hydrogen-bond acceptors (Lipinski definition) is 5. The molecule has 2 aliphatic carbocycles. The van der Waals surface area contributed by atoms with E-state index in [1.54, 1.807) is 0 Å². The number of nitrogens with zero attached hydrogens (tertiary/aromatic N) is 1. The van der Waals surface area contributed by atoms with E-state index in [1.807, 2.05) is 5.32 Å². The molecule has 0 heterocycles. The summed E-state index contributed by atoms with van der Waals surface area (Å²) in [5.41, 5.74) is -2.72. The number of hydrogen-bond donors (Lipinski definition) is 1. The highest BCUT2D eigenvalue weighted by Crippen LogP contribution is 2.49. The van der Waals surface area contributed by atoms with Crippen LogP contribution in [0.25, 0.3) is 0 Å². The van der Waals surface area contributed by atoms with E-state index >= 15 is 0 Å². The Bertz CT molecular complexity index is 796. The molecule has 0 aliphatic heterocycles. The van der Waals surface area contributed by atoms with Gasteiger partial charge in [0.25, 0.3) is 11.6 Å². The Balaban J connectivity index is 1.55. The number of non-ortho nitro benzene ring substituents is 1. The van der Waals surface area contributed by atoms with Gasteiger partial charge < -0.3 is 10.1 Å². The van der Waals surface area contributed by atoms with Crippen LogP contribution in [0.5, 0.6) is 0 Å². The molecule has 0 spiro atoms. The van der Waals surface area contributed by atoms with Crippen LogP contribution in [0, 0.1) is 27.9 Å². The summed E-state index contributed by atoms with van der Waals surface area (Å²) in [7, 11) is 0. The largest absolute Gasteiger partial charge is 0.456 e. The van der Waals surface area contributed by atoms with Gasteiger partial charge in [-0.05, 0) is 43.1 Å². The van der Waals surface area contributed by atoms with Crippen molar-refractivity contribution in [2.75, 3.05) is 11.9 Å². The summed E-state index contributed by atoms with van der Waals surface area (Å²) in [6, 6.07) is 2.00. The Morgan fingerprint density at radius 2 is 2.00 bits per heavy atom. The average molecular weight is 400 g/mol. The van der Waals surface area contributed by atoms with Crippen molar-refractivity contribution in [3.05, 3.63) is 33.9 Å². The van der Waals surface area contributed by atoms with Gasteiger partial charge in [0.2, 0.25) is 0 Å². The van der Waals surface area contributed by atoms with Gasteiger partial charge in [-0.15, -0.1) is 0 Å². The molecule has 10 heteroatoms. The number of carbonyl (C=O) groups is 2. The van der Waals surface area contributed by atoms with Gasteiger partial charge in [0.05, 0.1) is 16.2 Å². The zero-order chi connectivity index (χ0) is 20.5. The van der Waals surface area contributed by atoms with Crippen LogP contribution in [-0.4, -0.2) is 23.4 Å². The molecule has 3 unspecified atom stereocenters. The second-order valence-electron chi connectivity index (χ2n) is 7.33. The van der Waals surface area contributed by atoms with Crippen molar-refractivity contribution in [2.24, 2.45) is 17.8 Å². The van der Waals surface area contributed by atoms with Gasteiger partial charge in [-0.2, -0.15) is 13.2 Å². The zero-order valence-corrected chi connectivity index (χ0v) is 14.8. The monoisotopic (exact) mass is 400 g/mol. The van der Waals surface area contributed by atoms with Crippen LogP contribution in [0.2, 0.25) is 0 Å². The number of anilines is 1. The molecule has 152 valence electrons. The Kier molecular flexibility index (Phi) is 5.57. The first-order valence-corrected chi connectivity index (χ1v) is 8.94. The van der Waals surface area contributed by atoms with Gasteiger partial charge in [-0.3, -0.25) is 19.7 Å². The number of nitro benzene ring substituents is 1. The lowest BCUT2D eigenvalue weighted by Crippen LogP contribution is -2.24. The number of halogens is 3. The van der Waals surface area contributed by atoms with Crippen LogP contribution in [-0.2, 0) is 20.5 Å². The van der Waals surface area contributed by atoms with Crippen LogP contribution >= 0.6 is 0 Å². The molecule has 0 radical (unpaired) electrons. The second-order valence-corrected chi connectivity index (χ2v) is 7.33. The van der Waals surface area contributed by atoms with Crippen LogP contribution in [0.1, 0.15) is 37.7 Å². The fraction of sp³-hybridized carbons (Fsp3) is 0.556. The molecule has 28 heavy (non-hydrogen) atoms. The van der Waals surface area contributed by atoms with E-state index in [9.17, 15) is 32.9 Å². The van der Waals surface area contributed by atoms with Crippen LogP contribution in [0.4, 0.5) is 24.5 Å². The van der Waals surface area contributed by atoms with Crippen LogP contribution in [0.3, 0.4) is 0 Å². The topological polar surface area (TPSA) is 98.5 Å². The van der Waals surface area contributed by atoms with E-state index < -0.39 is 46.5 Å². The summed E-state index contributed by atoms with van der Waals surface area (Å²) >= 11 is 0. The molecule has 1 aromatic carbocycles. The minimum absolute atomic E-state index is 0.208. The number of amides is 1. The van der Waals surface area contributed by atoms with E-state index in [0.29, 0.717) is 17.9 Å². The third kappa shape index (κ3) is 4.60. The van der Waals surface area contributed by atoms with E-state index in [4.69, 9.17) is 4.74 Å². The molecule has 7 nitrogen and oxygen atoms in total. The first-order chi connectivity index (χ1) is 13.1. The van der Waals surface area contributed by atoms with Crippen molar-refractivity contribution < 1.29 is 32.4 Å². The maximum Gasteiger partial charge on any atom is 0.418 e. The summed E-state index contributed by atoms with van der Waals surface area (Å²) in [6.07, 6.45) is -0.297. The normalized spacial score (nSPS) is 23.5.